The van der Waals surface area contributed by atoms with Crippen LogP contribution in [0, 0.1) is 0 Å². The number of benzene rings is 2. The molecule has 5 heteroatoms. The molecule has 3 N–H and O–H groups in total. The third-order valence-electron chi connectivity index (χ3n) is 3.44. The van der Waals surface area contributed by atoms with Crippen molar-refractivity contribution in [1.82, 2.24) is 10.3 Å². The third-order valence-corrected chi connectivity index (χ3v) is 3.92. The molecule has 1 heterocycles. The van der Waals surface area contributed by atoms with Crippen LogP contribution in [0.5, 0.6) is 0 Å². The van der Waals surface area contributed by atoms with E-state index in [1.807, 2.05) is 30.3 Å². The predicted octanol–water partition coefficient (Wildman–Crippen LogP) is 4.35. The number of nitrogens with one attached hydrogen (secondary N) is 3. The molecule has 0 bridgehead atoms. The number of thiocarbonyl (C=S) groups is 1. The second-order valence-corrected chi connectivity index (χ2v) is 5.85. The van der Waals surface area contributed by atoms with Crippen molar-refractivity contribution in [1.29, 1.82) is 0 Å². The Hall–Kier alpha value is -2.04. The summed E-state index contributed by atoms with van der Waals surface area (Å²) in [6.07, 6.45) is 2.96. The Morgan fingerprint density at radius 3 is 2.86 bits per heavy atom. The molecule has 0 aliphatic rings. The van der Waals surface area contributed by atoms with E-state index in [1.165, 1.54) is 10.9 Å². The maximum Gasteiger partial charge on any atom is 0.170 e. The Morgan fingerprint density at radius 1 is 1.14 bits per heavy atom. The summed E-state index contributed by atoms with van der Waals surface area (Å²) in [7, 11) is 0. The highest BCUT2D eigenvalue weighted by molar-refractivity contribution is 7.80. The van der Waals surface area contributed by atoms with Crippen molar-refractivity contribution in [2.45, 2.75) is 6.42 Å². The Bertz CT molecular complexity index is 797. The molecule has 0 aliphatic carbocycles. The van der Waals surface area contributed by atoms with Gasteiger partial charge in [-0.1, -0.05) is 35.9 Å². The molecule has 2 aromatic carbocycles. The molecule has 1 aromatic heterocycles. The van der Waals surface area contributed by atoms with Gasteiger partial charge in [-0.15, -0.1) is 0 Å². The smallest absolute Gasteiger partial charge is 0.170 e. The Balaban J connectivity index is 1.53. The fourth-order valence-electron chi connectivity index (χ4n) is 2.39. The zero-order valence-electron chi connectivity index (χ0n) is 11.9. The van der Waals surface area contributed by atoms with Gasteiger partial charge in [-0.25, -0.2) is 0 Å². The lowest BCUT2D eigenvalue weighted by molar-refractivity contribution is 0.878. The number of fused-ring (bicyclic) bond motifs is 1. The number of aromatic amines is 1. The number of halogens is 1. The standard InChI is InChI=1S/C17H16ClN3S/c18-13-4-3-5-14(10-13)21-17(22)19-9-8-12-11-20-16-7-2-1-6-15(12)16/h1-7,10-11,20H,8-9H2,(H2,19,21,22). The van der Waals surface area contributed by atoms with Crippen LogP contribution >= 0.6 is 23.8 Å². The van der Waals surface area contributed by atoms with Gasteiger partial charge in [0.2, 0.25) is 0 Å². The van der Waals surface area contributed by atoms with E-state index in [2.05, 4.69) is 40.0 Å². The normalized spacial score (nSPS) is 10.6. The lowest BCUT2D eigenvalue weighted by Gasteiger charge is -2.10. The number of hydrogen-bond donors (Lipinski definition) is 3. The highest BCUT2D eigenvalue weighted by Crippen LogP contribution is 2.18. The van der Waals surface area contributed by atoms with Crippen molar-refractivity contribution < 1.29 is 0 Å². The SMILES string of the molecule is S=C(NCCc1c[nH]c2ccccc12)Nc1cccc(Cl)c1. The lowest BCUT2D eigenvalue weighted by atomic mass is 10.1. The first-order valence-electron chi connectivity index (χ1n) is 7.08. The number of hydrogen-bond acceptors (Lipinski definition) is 1. The Morgan fingerprint density at radius 2 is 2.00 bits per heavy atom. The first-order valence-corrected chi connectivity index (χ1v) is 7.86. The number of aromatic nitrogens is 1. The molecule has 0 saturated carbocycles. The summed E-state index contributed by atoms with van der Waals surface area (Å²) in [5.74, 6) is 0. The molecule has 0 atom stereocenters. The van der Waals surface area contributed by atoms with Crippen LogP contribution in [0.1, 0.15) is 5.56 Å². The zero-order chi connectivity index (χ0) is 15.4. The van der Waals surface area contributed by atoms with Crippen molar-refractivity contribution in [3.63, 3.8) is 0 Å². The molecule has 0 spiro atoms. The van der Waals surface area contributed by atoms with E-state index >= 15 is 0 Å². The van der Waals surface area contributed by atoms with E-state index in [-0.39, 0.29) is 0 Å². The summed E-state index contributed by atoms with van der Waals surface area (Å²) in [5.41, 5.74) is 3.34. The molecule has 3 nitrogen and oxygen atoms in total. The summed E-state index contributed by atoms with van der Waals surface area (Å²) in [6, 6.07) is 15.8. The number of anilines is 1. The highest BCUT2D eigenvalue weighted by Gasteiger charge is 2.03. The van der Waals surface area contributed by atoms with Gasteiger partial charge in [0.1, 0.15) is 0 Å². The molecule has 0 saturated heterocycles. The Labute approximate surface area is 139 Å². The molecule has 0 fully saturated rings. The monoisotopic (exact) mass is 329 g/mol. The van der Waals surface area contributed by atoms with Crippen LogP contribution in [0.2, 0.25) is 5.02 Å². The van der Waals surface area contributed by atoms with E-state index in [0.29, 0.717) is 10.1 Å². The van der Waals surface area contributed by atoms with Crippen molar-refractivity contribution in [2.75, 3.05) is 11.9 Å². The minimum Gasteiger partial charge on any atom is -0.362 e. The van der Waals surface area contributed by atoms with Crippen LogP contribution < -0.4 is 10.6 Å². The zero-order valence-corrected chi connectivity index (χ0v) is 13.5. The molecule has 3 aromatic rings. The van der Waals surface area contributed by atoms with E-state index in [4.69, 9.17) is 23.8 Å². The maximum absolute atomic E-state index is 5.95. The van der Waals surface area contributed by atoms with Gasteiger partial charge in [-0.3, -0.25) is 0 Å². The second kappa shape index (κ2) is 6.81. The first kappa shape index (κ1) is 14.9. The molecular weight excluding hydrogens is 314 g/mol. The van der Waals surface area contributed by atoms with Crippen LogP contribution in [0.25, 0.3) is 10.9 Å². The maximum atomic E-state index is 5.95. The summed E-state index contributed by atoms with van der Waals surface area (Å²) >= 11 is 11.2. The average molecular weight is 330 g/mol. The fraction of sp³-hybridized carbons (Fsp3) is 0.118. The van der Waals surface area contributed by atoms with Gasteiger partial charge in [-0.05, 0) is 48.5 Å². The first-order chi connectivity index (χ1) is 10.7. The quantitative estimate of drug-likeness (QED) is 0.623. The van der Waals surface area contributed by atoms with E-state index in [1.54, 1.807) is 0 Å². The number of rotatable bonds is 4. The van der Waals surface area contributed by atoms with Gasteiger partial charge < -0.3 is 15.6 Å². The van der Waals surface area contributed by atoms with Crippen LogP contribution in [0.15, 0.2) is 54.7 Å². The van der Waals surface area contributed by atoms with Crippen LogP contribution in [0.3, 0.4) is 0 Å². The molecule has 0 radical (unpaired) electrons. The summed E-state index contributed by atoms with van der Waals surface area (Å²) in [4.78, 5) is 3.28. The number of H-pyrrole nitrogens is 1. The van der Waals surface area contributed by atoms with Crippen LogP contribution in [-0.4, -0.2) is 16.6 Å². The van der Waals surface area contributed by atoms with Crippen molar-refractivity contribution in [3.8, 4) is 0 Å². The number of para-hydroxylation sites is 1. The minimum absolute atomic E-state index is 0.599. The predicted molar refractivity (Wildman–Crippen MR) is 97.7 cm³/mol. The molecule has 0 amide bonds. The molecular formula is C17H16ClN3S. The van der Waals surface area contributed by atoms with Crippen molar-refractivity contribution in [3.05, 3.63) is 65.3 Å². The second-order valence-electron chi connectivity index (χ2n) is 5.00. The third kappa shape index (κ3) is 3.59. The Kier molecular flexibility index (Phi) is 4.61. The average Bonchev–Trinajstić information content (AvgIpc) is 2.91. The largest absolute Gasteiger partial charge is 0.362 e. The van der Waals surface area contributed by atoms with E-state index in [9.17, 15) is 0 Å². The van der Waals surface area contributed by atoms with Gasteiger partial charge in [0.15, 0.2) is 5.11 Å². The molecule has 0 unspecified atom stereocenters. The highest BCUT2D eigenvalue weighted by atomic mass is 35.5. The summed E-state index contributed by atoms with van der Waals surface area (Å²) in [6.45, 7) is 0.772. The van der Waals surface area contributed by atoms with Crippen LogP contribution in [-0.2, 0) is 6.42 Å². The van der Waals surface area contributed by atoms with Gasteiger partial charge in [0.05, 0.1) is 0 Å². The fourth-order valence-corrected chi connectivity index (χ4v) is 2.80. The van der Waals surface area contributed by atoms with Crippen LogP contribution in [0.4, 0.5) is 5.69 Å². The lowest BCUT2D eigenvalue weighted by Crippen LogP contribution is -2.30. The van der Waals surface area contributed by atoms with Crippen molar-refractivity contribution >= 4 is 45.5 Å². The summed E-state index contributed by atoms with van der Waals surface area (Å²) in [5, 5.41) is 8.89. The van der Waals surface area contributed by atoms with E-state index < -0.39 is 0 Å². The van der Waals surface area contributed by atoms with Gasteiger partial charge in [0, 0.05) is 34.4 Å². The topological polar surface area (TPSA) is 39.9 Å². The molecule has 22 heavy (non-hydrogen) atoms. The van der Waals surface area contributed by atoms with Gasteiger partial charge >= 0.3 is 0 Å². The minimum atomic E-state index is 0.599. The molecule has 0 aliphatic heterocycles. The molecule has 3 rings (SSSR count). The van der Waals surface area contributed by atoms with Gasteiger partial charge in [0.25, 0.3) is 0 Å². The summed E-state index contributed by atoms with van der Waals surface area (Å²) < 4.78 is 0. The molecule has 112 valence electrons. The van der Waals surface area contributed by atoms with Gasteiger partial charge in [-0.2, -0.15) is 0 Å². The van der Waals surface area contributed by atoms with Crippen molar-refractivity contribution in [2.24, 2.45) is 0 Å². The van der Waals surface area contributed by atoms with E-state index in [0.717, 1.165) is 24.2 Å².